The molecular weight excluding hydrogens is 269 g/mol. The Morgan fingerprint density at radius 1 is 1.22 bits per heavy atom. The van der Waals surface area contributed by atoms with Crippen LogP contribution in [0.15, 0.2) is 18.2 Å². The summed E-state index contributed by atoms with van der Waals surface area (Å²) < 4.78 is 0. The normalized spacial score (nSPS) is 12.1. The lowest BCUT2D eigenvalue weighted by molar-refractivity contribution is 0.283. The SMILES string of the molecule is CC(C)(C)c1cc(CO)c2ccc(Cl)c(Cl)c2n1. The highest BCUT2D eigenvalue weighted by atomic mass is 35.5. The Balaban J connectivity index is 2.85. The van der Waals surface area contributed by atoms with E-state index < -0.39 is 0 Å². The first kappa shape index (κ1) is 13.6. The van der Waals surface area contributed by atoms with Crippen molar-refractivity contribution in [1.29, 1.82) is 0 Å². The number of aliphatic hydroxyl groups is 1. The Hall–Kier alpha value is -0.830. The lowest BCUT2D eigenvalue weighted by Crippen LogP contribution is -2.14. The van der Waals surface area contributed by atoms with Gasteiger partial charge >= 0.3 is 0 Å². The zero-order chi connectivity index (χ0) is 13.5. The van der Waals surface area contributed by atoms with Crippen molar-refractivity contribution in [1.82, 2.24) is 4.98 Å². The van der Waals surface area contributed by atoms with Gasteiger partial charge < -0.3 is 5.11 Å². The number of nitrogens with zero attached hydrogens (tertiary/aromatic N) is 1. The Labute approximate surface area is 117 Å². The second kappa shape index (κ2) is 4.69. The third-order valence-electron chi connectivity index (χ3n) is 2.90. The Bertz CT molecular complexity index is 603. The number of halogens is 2. The number of hydrogen-bond acceptors (Lipinski definition) is 2. The number of hydrogen-bond donors (Lipinski definition) is 1. The van der Waals surface area contributed by atoms with Gasteiger partial charge in [-0.05, 0) is 17.7 Å². The summed E-state index contributed by atoms with van der Waals surface area (Å²) in [4.78, 5) is 4.59. The van der Waals surface area contributed by atoms with Gasteiger partial charge in [-0.3, -0.25) is 4.98 Å². The molecule has 2 aromatic rings. The maximum absolute atomic E-state index is 9.48. The fourth-order valence-corrected chi connectivity index (χ4v) is 2.18. The Morgan fingerprint density at radius 2 is 1.89 bits per heavy atom. The maximum atomic E-state index is 9.48. The number of benzene rings is 1. The summed E-state index contributed by atoms with van der Waals surface area (Å²) in [5.41, 5.74) is 2.26. The van der Waals surface area contributed by atoms with Crippen LogP contribution in [0.4, 0.5) is 0 Å². The first-order chi connectivity index (χ1) is 8.34. The highest BCUT2D eigenvalue weighted by Crippen LogP contribution is 2.33. The van der Waals surface area contributed by atoms with Gasteiger partial charge in [0.2, 0.25) is 0 Å². The first-order valence-electron chi connectivity index (χ1n) is 5.73. The van der Waals surface area contributed by atoms with Crippen LogP contribution in [0.5, 0.6) is 0 Å². The van der Waals surface area contributed by atoms with E-state index in [-0.39, 0.29) is 12.0 Å². The second-order valence-electron chi connectivity index (χ2n) is 5.33. The molecule has 2 rings (SSSR count). The molecule has 0 saturated carbocycles. The standard InChI is InChI=1S/C14H15Cl2NO/c1-14(2,3)11-6-8(7-18)9-4-5-10(15)12(16)13(9)17-11/h4-6,18H,7H2,1-3H3. The van der Waals surface area contributed by atoms with Gasteiger partial charge in [-0.2, -0.15) is 0 Å². The number of fused-ring (bicyclic) bond motifs is 1. The van der Waals surface area contributed by atoms with E-state index in [1.54, 1.807) is 6.07 Å². The summed E-state index contributed by atoms with van der Waals surface area (Å²) >= 11 is 12.2. The molecular formula is C14H15Cl2NO. The highest BCUT2D eigenvalue weighted by molar-refractivity contribution is 6.45. The number of aliphatic hydroxyl groups excluding tert-OH is 1. The molecule has 1 aromatic carbocycles. The molecule has 4 heteroatoms. The van der Waals surface area contributed by atoms with Crippen molar-refractivity contribution < 1.29 is 5.11 Å². The molecule has 0 atom stereocenters. The lowest BCUT2D eigenvalue weighted by atomic mass is 9.90. The molecule has 96 valence electrons. The van der Waals surface area contributed by atoms with Crippen LogP contribution in [0.1, 0.15) is 32.0 Å². The fourth-order valence-electron chi connectivity index (χ4n) is 1.82. The van der Waals surface area contributed by atoms with Crippen molar-refractivity contribution in [2.24, 2.45) is 0 Å². The van der Waals surface area contributed by atoms with E-state index in [0.29, 0.717) is 15.6 Å². The zero-order valence-corrected chi connectivity index (χ0v) is 12.1. The molecule has 1 heterocycles. The van der Waals surface area contributed by atoms with Crippen LogP contribution in [0.2, 0.25) is 10.0 Å². The largest absolute Gasteiger partial charge is 0.392 e. The molecule has 0 fully saturated rings. The van der Waals surface area contributed by atoms with Crippen molar-refractivity contribution in [3.8, 4) is 0 Å². The topological polar surface area (TPSA) is 33.1 Å². The second-order valence-corrected chi connectivity index (χ2v) is 6.12. The smallest absolute Gasteiger partial charge is 0.0910 e. The van der Waals surface area contributed by atoms with E-state index in [0.717, 1.165) is 16.6 Å². The van der Waals surface area contributed by atoms with Crippen molar-refractivity contribution in [3.05, 3.63) is 39.5 Å². The first-order valence-corrected chi connectivity index (χ1v) is 6.49. The van der Waals surface area contributed by atoms with Crippen LogP contribution in [-0.2, 0) is 12.0 Å². The third-order valence-corrected chi connectivity index (χ3v) is 3.69. The third kappa shape index (κ3) is 2.33. The zero-order valence-electron chi connectivity index (χ0n) is 10.6. The quantitative estimate of drug-likeness (QED) is 0.845. The lowest BCUT2D eigenvalue weighted by Gasteiger charge is -2.20. The van der Waals surface area contributed by atoms with Crippen LogP contribution < -0.4 is 0 Å². The van der Waals surface area contributed by atoms with Crippen LogP contribution in [-0.4, -0.2) is 10.1 Å². The van der Waals surface area contributed by atoms with E-state index >= 15 is 0 Å². The highest BCUT2D eigenvalue weighted by Gasteiger charge is 2.19. The minimum absolute atomic E-state index is 0.0416. The molecule has 0 spiro atoms. The average molecular weight is 284 g/mol. The molecule has 0 radical (unpaired) electrons. The summed E-state index contributed by atoms with van der Waals surface area (Å²) in [6.07, 6.45) is 0. The molecule has 0 unspecified atom stereocenters. The number of pyridine rings is 1. The van der Waals surface area contributed by atoms with E-state index in [2.05, 4.69) is 25.8 Å². The van der Waals surface area contributed by atoms with E-state index in [1.165, 1.54) is 0 Å². The summed E-state index contributed by atoms with van der Waals surface area (Å²) in [6, 6.07) is 5.49. The van der Waals surface area contributed by atoms with Crippen molar-refractivity contribution >= 4 is 34.1 Å². The van der Waals surface area contributed by atoms with Crippen LogP contribution in [0, 0.1) is 0 Å². The predicted molar refractivity (Wildman–Crippen MR) is 76.4 cm³/mol. The molecule has 0 amide bonds. The predicted octanol–water partition coefficient (Wildman–Crippen LogP) is 4.33. The van der Waals surface area contributed by atoms with Crippen LogP contribution >= 0.6 is 23.2 Å². The summed E-state index contributed by atoms with van der Waals surface area (Å²) in [7, 11) is 0. The van der Waals surface area contributed by atoms with Gasteiger partial charge in [0.1, 0.15) is 0 Å². The summed E-state index contributed by atoms with van der Waals surface area (Å²) in [5, 5.41) is 11.2. The molecule has 0 aliphatic heterocycles. The van der Waals surface area contributed by atoms with Gasteiger partial charge in [0, 0.05) is 16.5 Å². The van der Waals surface area contributed by atoms with Gasteiger partial charge in [0.25, 0.3) is 0 Å². The van der Waals surface area contributed by atoms with Crippen LogP contribution in [0.25, 0.3) is 10.9 Å². The van der Waals surface area contributed by atoms with Gasteiger partial charge in [-0.1, -0.05) is 50.0 Å². The summed E-state index contributed by atoms with van der Waals surface area (Å²) in [6.45, 7) is 6.17. The van der Waals surface area contributed by atoms with Gasteiger partial charge in [-0.25, -0.2) is 0 Å². The Kier molecular flexibility index (Phi) is 3.54. The van der Waals surface area contributed by atoms with Crippen molar-refractivity contribution in [3.63, 3.8) is 0 Å². The van der Waals surface area contributed by atoms with Crippen molar-refractivity contribution in [2.45, 2.75) is 32.8 Å². The molecule has 2 nitrogen and oxygen atoms in total. The summed E-state index contributed by atoms with van der Waals surface area (Å²) in [5.74, 6) is 0. The minimum Gasteiger partial charge on any atom is -0.392 e. The number of rotatable bonds is 1. The number of aromatic nitrogens is 1. The molecule has 0 bridgehead atoms. The van der Waals surface area contributed by atoms with Gasteiger partial charge in [0.05, 0.1) is 22.2 Å². The van der Waals surface area contributed by atoms with Gasteiger partial charge in [-0.15, -0.1) is 0 Å². The Morgan fingerprint density at radius 3 is 2.44 bits per heavy atom. The van der Waals surface area contributed by atoms with E-state index in [1.807, 2.05) is 12.1 Å². The molecule has 1 aromatic heterocycles. The van der Waals surface area contributed by atoms with Gasteiger partial charge in [0.15, 0.2) is 0 Å². The molecule has 18 heavy (non-hydrogen) atoms. The van der Waals surface area contributed by atoms with E-state index in [9.17, 15) is 5.11 Å². The molecule has 0 aliphatic rings. The minimum atomic E-state index is -0.107. The van der Waals surface area contributed by atoms with Crippen LogP contribution in [0.3, 0.4) is 0 Å². The van der Waals surface area contributed by atoms with E-state index in [4.69, 9.17) is 23.2 Å². The maximum Gasteiger partial charge on any atom is 0.0910 e. The average Bonchev–Trinajstić information content (AvgIpc) is 2.31. The molecule has 0 saturated heterocycles. The molecule has 1 N–H and O–H groups in total. The van der Waals surface area contributed by atoms with Crippen molar-refractivity contribution in [2.75, 3.05) is 0 Å². The monoisotopic (exact) mass is 283 g/mol. The molecule has 0 aliphatic carbocycles. The fraction of sp³-hybridized carbons (Fsp3) is 0.357.